The van der Waals surface area contributed by atoms with Gasteiger partial charge in [0, 0.05) is 5.56 Å². The summed E-state index contributed by atoms with van der Waals surface area (Å²) in [6, 6.07) is 12.5. The second kappa shape index (κ2) is 5.14. The summed E-state index contributed by atoms with van der Waals surface area (Å²) in [4.78, 5) is 21.4. The third kappa shape index (κ3) is 2.74. The highest BCUT2D eigenvalue weighted by Gasteiger charge is 2.04. The lowest BCUT2D eigenvalue weighted by atomic mass is 10.1. The van der Waals surface area contributed by atoms with Crippen LogP contribution in [0.1, 0.15) is 10.4 Å². The van der Waals surface area contributed by atoms with E-state index in [1.807, 2.05) is 0 Å². The summed E-state index contributed by atoms with van der Waals surface area (Å²) >= 11 is 0. The van der Waals surface area contributed by atoms with Crippen LogP contribution in [0.15, 0.2) is 48.5 Å². The molecule has 0 saturated heterocycles. The number of carbonyl (C=O) groups is 2. The largest absolute Gasteiger partial charge is 0.508 e. The third-order valence-corrected chi connectivity index (χ3v) is 2.32. The number of benzene rings is 2. The number of aromatic hydroxyl groups is 1. The zero-order valence-electron chi connectivity index (χ0n) is 9.37. The molecular formula is C14H10O4. The first-order chi connectivity index (χ1) is 8.69. The number of aldehydes is 1. The van der Waals surface area contributed by atoms with Gasteiger partial charge in [-0.3, -0.25) is 9.59 Å². The summed E-state index contributed by atoms with van der Waals surface area (Å²) < 4.78 is 5.49. The summed E-state index contributed by atoms with van der Waals surface area (Å²) in [5.74, 6) is 0.714. The predicted molar refractivity (Wildman–Crippen MR) is 65.0 cm³/mol. The van der Waals surface area contributed by atoms with E-state index in [-0.39, 0.29) is 12.0 Å². The number of ketones is 1. The number of Topliss-reactive ketones (excluding diaryl/α,β-unsaturated/α-hetero) is 1. The van der Waals surface area contributed by atoms with E-state index < -0.39 is 5.78 Å². The molecule has 0 heterocycles. The molecule has 0 fully saturated rings. The van der Waals surface area contributed by atoms with Gasteiger partial charge >= 0.3 is 0 Å². The van der Waals surface area contributed by atoms with Crippen molar-refractivity contribution in [3.63, 3.8) is 0 Å². The zero-order valence-corrected chi connectivity index (χ0v) is 9.37. The average molecular weight is 242 g/mol. The molecule has 2 aromatic carbocycles. The molecule has 0 amide bonds. The molecule has 0 unspecified atom stereocenters. The van der Waals surface area contributed by atoms with Crippen LogP contribution in [0, 0.1) is 0 Å². The van der Waals surface area contributed by atoms with E-state index in [1.54, 1.807) is 24.3 Å². The molecule has 2 aromatic rings. The molecule has 0 aliphatic carbocycles. The van der Waals surface area contributed by atoms with Gasteiger partial charge in [-0.25, -0.2) is 0 Å². The Hall–Kier alpha value is -2.62. The van der Waals surface area contributed by atoms with Gasteiger partial charge in [-0.05, 0) is 48.5 Å². The van der Waals surface area contributed by atoms with Crippen LogP contribution >= 0.6 is 0 Å². The third-order valence-electron chi connectivity index (χ3n) is 2.32. The number of ether oxygens (including phenoxy) is 1. The van der Waals surface area contributed by atoms with Crippen molar-refractivity contribution in [2.24, 2.45) is 0 Å². The highest BCUT2D eigenvalue weighted by atomic mass is 16.5. The van der Waals surface area contributed by atoms with Crippen molar-refractivity contribution in [1.29, 1.82) is 0 Å². The molecule has 90 valence electrons. The van der Waals surface area contributed by atoms with Crippen molar-refractivity contribution in [1.82, 2.24) is 0 Å². The minimum atomic E-state index is -0.564. The highest BCUT2D eigenvalue weighted by Crippen LogP contribution is 2.23. The molecule has 4 nitrogen and oxygen atoms in total. The van der Waals surface area contributed by atoms with Crippen molar-refractivity contribution in [3.8, 4) is 17.2 Å². The Bertz CT molecular complexity index is 555. The summed E-state index contributed by atoms with van der Waals surface area (Å²) in [5.41, 5.74) is 0.322. The van der Waals surface area contributed by atoms with Gasteiger partial charge in [-0.2, -0.15) is 0 Å². The fourth-order valence-electron chi connectivity index (χ4n) is 1.41. The first-order valence-corrected chi connectivity index (χ1v) is 5.25. The highest BCUT2D eigenvalue weighted by molar-refractivity contribution is 6.33. The second-order valence-corrected chi connectivity index (χ2v) is 3.60. The average Bonchev–Trinajstić information content (AvgIpc) is 2.41. The first-order valence-electron chi connectivity index (χ1n) is 5.25. The van der Waals surface area contributed by atoms with E-state index in [1.165, 1.54) is 24.3 Å². The van der Waals surface area contributed by atoms with Gasteiger partial charge in [0.2, 0.25) is 5.78 Å². The normalized spacial score (nSPS) is 9.78. The Balaban J connectivity index is 2.13. The van der Waals surface area contributed by atoms with Gasteiger partial charge < -0.3 is 9.84 Å². The molecule has 0 spiro atoms. The van der Waals surface area contributed by atoms with E-state index in [4.69, 9.17) is 9.84 Å². The van der Waals surface area contributed by atoms with Crippen LogP contribution < -0.4 is 4.74 Å². The summed E-state index contributed by atoms with van der Waals surface area (Å²) in [6.07, 6.45) is 0.274. The zero-order chi connectivity index (χ0) is 13.0. The Morgan fingerprint density at radius 3 is 1.94 bits per heavy atom. The van der Waals surface area contributed by atoms with Crippen molar-refractivity contribution in [3.05, 3.63) is 54.1 Å². The van der Waals surface area contributed by atoms with Crippen molar-refractivity contribution in [2.75, 3.05) is 0 Å². The van der Waals surface area contributed by atoms with E-state index in [2.05, 4.69) is 0 Å². The minimum Gasteiger partial charge on any atom is -0.508 e. The summed E-state index contributed by atoms with van der Waals surface area (Å²) in [7, 11) is 0. The maximum absolute atomic E-state index is 11.1. The monoisotopic (exact) mass is 242 g/mol. The molecule has 0 radical (unpaired) electrons. The molecule has 2 rings (SSSR count). The summed E-state index contributed by atoms with van der Waals surface area (Å²) in [5, 5.41) is 9.12. The number of rotatable bonds is 4. The Kier molecular flexibility index (Phi) is 3.38. The molecule has 0 aromatic heterocycles. The lowest BCUT2D eigenvalue weighted by molar-refractivity contribution is -0.104. The topological polar surface area (TPSA) is 63.6 Å². The molecule has 0 atom stereocenters. The molecule has 4 heteroatoms. The first kappa shape index (κ1) is 11.9. The Morgan fingerprint density at radius 1 is 0.944 bits per heavy atom. The van der Waals surface area contributed by atoms with Gasteiger partial charge in [0.15, 0.2) is 6.29 Å². The number of phenolic OH excluding ortho intramolecular Hbond substituents is 1. The van der Waals surface area contributed by atoms with E-state index in [0.717, 1.165) is 0 Å². The SMILES string of the molecule is O=CC(=O)c1ccc(Oc2ccc(O)cc2)cc1. The van der Waals surface area contributed by atoms with Gasteiger partial charge in [-0.1, -0.05) is 0 Å². The van der Waals surface area contributed by atoms with Crippen LogP contribution in [-0.4, -0.2) is 17.2 Å². The lowest BCUT2D eigenvalue weighted by Gasteiger charge is -2.05. The fourth-order valence-corrected chi connectivity index (χ4v) is 1.41. The molecular weight excluding hydrogens is 232 g/mol. The molecule has 1 N–H and O–H groups in total. The maximum Gasteiger partial charge on any atom is 0.225 e. The van der Waals surface area contributed by atoms with E-state index >= 15 is 0 Å². The maximum atomic E-state index is 11.1. The molecule has 18 heavy (non-hydrogen) atoms. The van der Waals surface area contributed by atoms with E-state index in [9.17, 15) is 9.59 Å². The van der Waals surface area contributed by atoms with E-state index in [0.29, 0.717) is 17.1 Å². The van der Waals surface area contributed by atoms with Gasteiger partial charge in [0.05, 0.1) is 0 Å². The van der Waals surface area contributed by atoms with Crippen LogP contribution in [-0.2, 0) is 4.79 Å². The van der Waals surface area contributed by atoms with Gasteiger partial charge in [0.1, 0.15) is 17.2 Å². The van der Waals surface area contributed by atoms with Crippen molar-refractivity contribution < 1.29 is 19.4 Å². The quantitative estimate of drug-likeness (QED) is 0.508. The molecule has 0 aliphatic heterocycles. The van der Waals surface area contributed by atoms with Crippen LogP contribution in [0.3, 0.4) is 0 Å². The van der Waals surface area contributed by atoms with Crippen LogP contribution in [0.2, 0.25) is 0 Å². The van der Waals surface area contributed by atoms with Crippen LogP contribution in [0.25, 0.3) is 0 Å². The molecule has 0 saturated carbocycles. The second-order valence-electron chi connectivity index (χ2n) is 3.60. The molecule has 0 aliphatic rings. The summed E-state index contributed by atoms with van der Waals surface area (Å²) in [6.45, 7) is 0. The number of phenols is 1. The Morgan fingerprint density at radius 2 is 1.44 bits per heavy atom. The van der Waals surface area contributed by atoms with Gasteiger partial charge in [-0.15, -0.1) is 0 Å². The minimum absolute atomic E-state index is 0.161. The van der Waals surface area contributed by atoms with Crippen molar-refractivity contribution in [2.45, 2.75) is 0 Å². The van der Waals surface area contributed by atoms with Gasteiger partial charge in [0.25, 0.3) is 0 Å². The Labute approximate surface area is 103 Å². The molecule has 0 bridgehead atoms. The smallest absolute Gasteiger partial charge is 0.225 e. The van der Waals surface area contributed by atoms with Crippen LogP contribution in [0.4, 0.5) is 0 Å². The lowest BCUT2D eigenvalue weighted by Crippen LogP contribution is -1.98. The fraction of sp³-hybridized carbons (Fsp3) is 0. The number of hydrogen-bond donors (Lipinski definition) is 1. The number of hydrogen-bond acceptors (Lipinski definition) is 4. The number of carbonyl (C=O) groups excluding carboxylic acids is 2. The standard InChI is InChI=1S/C14H10O4/c15-9-14(17)10-1-5-12(6-2-10)18-13-7-3-11(16)4-8-13/h1-9,16H. The van der Waals surface area contributed by atoms with Crippen molar-refractivity contribution >= 4 is 12.1 Å². The van der Waals surface area contributed by atoms with Crippen LogP contribution in [0.5, 0.6) is 17.2 Å². The predicted octanol–water partition coefficient (Wildman–Crippen LogP) is 2.57.